The van der Waals surface area contributed by atoms with Crippen LogP contribution in [0.2, 0.25) is 0 Å². The van der Waals surface area contributed by atoms with E-state index in [1.54, 1.807) is 7.11 Å². The standard InChI is InChI=1S/C27H33N3O3/c1-17-3-10-23(26(31)29-24-16-18-4-5-21(24)15-18)25(28-17)19-11-13-30(14-12-19)27(32)20-6-8-22(33-2)9-7-20/h3,6-10,18-19,21,24H,4-5,11-16H2,1-2H3,(H,29,31)/t18-,21-,24+/m0/s1. The van der Waals surface area contributed by atoms with Crippen molar-refractivity contribution >= 4 is 11.8 Å². The number of methoxy groups -OCH3 is 1. The lowest BCUT2D eigenvalue weighted by Crippen LogP contribution is -2.40. The van der Waals surface area contributed by atoms with E-state index in [9.17, 15) is 9.59 Å². The van der Waals surface area contributed by atoms with Gasteiger partial charge >= 0.3 is 0 Å². The van der Waals surface area contributed by atoms with E-state index in [0.29, 0.717) is 36.2 Å². The molecule has 5 rings (SSSR count). The molecule has 6 nitrogen and oxygen atoms in total. The zero-order valence-electron chi connectivity index (χ0n) is 19.5. The quantitative estimate of drug-likeness (QED) is 0.740. The van der Waals surface area contributed by atoms with Gasteiger partial charge in [0.25, 0.3) is 11.8 Å². The van der Waals surface area contributed by atoms with Gasteiger partial charge in [0.15, 0.2) is 0 Å². The van der Waals surface area contributed by atoms with Crippen molar-refractivity contribution in [2.45, 2.75) is 57.4 Å². The normalized spacial score (nSPS) is 24.7. The predicted molar refractivity (Wildman–Crippen MR) is 127 cm³/mol. The highest BCUT2D eigenvalue weighted by molar-refractivity contribution is 5.96. The zero-order valence-corrected chi connectivity index (χ0v) is 19.5. The molecule has 1 aromatic heterocycles. The van der Waals surface area contributed by atoms with Crippen LogP contribution in [0.25, 0.3) is 0 Å². The average Bonchev–Trinajstić information content (AvgIpc) is 3.47. The molecule has 3 aliphatic rings. The highest BCUT2D eigenvalue weighted by atomic mass is 16.5. The molecule has 1 aromatic carbocycles. The van der Waals surface area contributed by atoms with Gasteiger partial charge in [-0.05, 0) is 87.3 Å². The molecule has 174 valence electrons. The minimum Gasteiger partial charge on any atom is -0.497 e. The highest BCUT2D eigenvalue weighted by Crippen LogP contribution is 2.44. The van der Waals surface area contributed by atoms with Gasteiger partial charge in [-0.25, -0.2) is 0 Å². The van der Waals surface area contributed by atoms with E-state index in [4.69, 9.17) is 9.72 Å². The lowest BCUT2D eigenvalue weighted by molar-refractivity contribution is 0.0710. The number of aryl methyl sites for hydroxylation is 1. The second-order valence-electron chi connectivity index (χ2n) is 9.94. The van der Waals surface area contributed by atoms with Gasteiger partial charge < -0.3 is 15.0 Å². The van der Waals surface area contributed by atoms with Crippen LogP contribution in [0.15, 0.2) is 36.4 Å². The summed E-state index contributed by atoms with van der Waals surface area (Å²) >= 11 is 0. The fourth-order valence-corrected chi connectivity index (χ4v) is 6.02. The van der Waals surface area contributed by atoms with Crippen molar-refractivity contribution in [2.24, 2.45) is 11.8 Å². The third-order valence-electron chi connectivity index (χ3n) is 7.87. The minimum absolute atomic E-state index is 0.0202. The number of pyridine rings is 1. The summed E-state index contributed by atoms with van der Waals surface area (Å²) in [5.41, 5.74) is 3.21. The molecule has 2 aliphatic carbocycles. The topological polar surface area (TPSA) is 71.5 Å². The number of carbonyl (C=O) groups is 2. The number of ether oxygens (including phenoxy) is 1. The van der Waals surface area contributed by atoms with Gasteiger partial charge in [-0.15, -0.1) is 0 Å². The summed E-state index contributed by atoms with van der Waals surface area (Å²) in [6, 6.07) is 11.4. The predicted octanol–water partition coefficient (Wildman–Crippen LogP) is 4.34. The number of piperidine rings is 1. The second-order valence-corrected chi connectivity index (χ2v) is 9.94. The minimum atomic E-state index is 0.0202. The molecular weight excluding hydrogens is 414 g/mol. The van der Waals surface area contributed by atoms with Gasteiger partial charge in [0.05, 0.1) is 18.4 Å². The number of fused-ring (bicyclic) bond motifs is 2. The molecular formula is C27H33N3O3. The molecule has 2 heterocycles. The molecule has 2 saturated carbocycles. The summed E-state index contributed by atoms with van der Waals surface area (Å²) in [5, 5.41) is 3.33. The molecule has 3 atom stereocenters. The Hall–Kier alpha value is -2.89. The van der Waals surface area contributed by atoms with Crippen LogP contribution in [0, 0.1) is 18.8 Å². The first kappa shape index (κ1) is 21.9. The summed E-state index contributed by atoms with van der Waals surface area (Å²) in [6.45, 7) is 3.31. The van der Waals surface area contributed by atoms with E-state index in [-0.39, 0.29) is 17.7 Å². The molecule has 33 heavy (non-hydrogen) atoms. The fraction of sp³-hybridized carbons (Fsp3) is 0.519. The maximum atomic E-state index is 13.2. The summed E-state index contributed by atoms with van der Waals surface area (Å²) in [6.07, 6.45) is 6.58. The van der Waals surface area contributed by atoms with E-state index in [2.05, 4.69) is 5.32 Å². The molecule has 1 N–H and O–H groups in total. The highest BCUT2D eigenvalue weighted by Gasteiger charge is 2.40. The molecule has 0 spiro atoms. The van der Waals surface area contributed by atoms with Gasteiger partial charge in [-0.2, -0.15) is 0 Å². The van der Waals surface area contributed by atoms with Crippen molar-refractivity contribution in [1.29, 1.82) is 0 Å². The smallest absolute Gasteiger partial charge is 0.253 e. The molecule has 6 heteroatoms. The monoisotopic (exact) mass is 447 g/mol. The number of rotatable bonds is 5. The van der Waals surface area contributed by atoms with Crippen LogP contribution < -0.4 is 10.1 Å². The summed E-state index contributed by atoms with van der Waals surface area (Å²) in [4.78, 5) is 32.9. The van der Waals surface area contributed by atoms with Gasteiger partial charge in [0.1, 0.15) is 5.75 Å². The molecule has 0 radical (unpaired) electrons. The van der Waals surface area contributed by atoms with E-state index >= 15 is 0 Å². The van der Waals surface area contributed by atoms with Gasteiger partial charge in [-0.1, -0.05) is 6.42 Å². The Bertz CT molecular complexity index is 1030. The Balaban J connectivity index is 1.25. The Morgan fingerprint density at radius 1 is 1.00 bits per heavy atom. The van der Waals surface area contributed by atoms with Gasteiger partial charge in [-0.3, -0.25) is 14.6 Å². The summed E-state index contributed by atoms with van der Waals surface area (Å²) < 4.78 is 5.19. The number of hydrogen-bond donors (Lipinski definition) is 1. The maximum Gasteiger partial charge on any atom is 0.253 e. The van der Waals surface area contributed by atoms with Crippen LogP contribution >= 0.6 is 0 Å². The Kier molecular flexibility index (Phi) is 6.09. The first-order valence-corrected chi connectivity index (χ1v) is 12.2. The molecule has 2 bridgehead atoms. The number of benzene rings is 1. The Labute approximate surface area is 195 Å². The molecule has 2 amide bonds. The van der Waals surface area contributed by atoms with Crippen LogP contribution in [-0.4, -0.2) is 47.9 Å². The van der Waals surface area contributed by atoms with Crippen molar-refractivity contribution in [2.75, 3.05) is 20.2 Å². The molecule has 0 unspecified atom stereocenters. The Morgan fingerprint density at radius 3 is 2.39 bits per heavy atom. The van der Waals surface area contributed by atoms with Gasteiger partial charge in [0.2, 0.25) is 0 Å². The lowest BCUT2D eigenvalue weighted by atomic mass is 9.89. The average molecular weight is 448 g/mol. The van der Waals surface area contributed by atoms with Crippen LogP contribution in [0.4, 0.5) is 0 Å². The SMILES string of the molecule is COc1ccc(C(=O)N2CCC(c3nc(C)ccc3C(=O)N[C@@H]3C[C@H]4CC[C@H]3C4)CC2)cc1. The van der Waals surface area contributed by atoms with Crippen molar-refractivity contribution in [1.82, 2.24) is 15.2 Å². The van der Waals surface area contributed by atoms with Crippen molar-refractivity contribution in [3.63, 3.8) is 0 Å². The van der Waals surface area contributed by atoms with E-state index < -0.39 is 0 Å². The first-order valence-electron chi connectivity index (χ1n) is 12.2. The third kappa shape index (κ3) is 4.48. The number of carbonyl (C=O) groups excluding carboxylic acids is 2. The first-order chi connectivity index (χ1) is 16.0. The molecule has 1 saturated heterocycles. The lowest BCUT2D eigenvalue weighted by Gasteiger charge is -2.33. The Morgan fingerprint density at radius 2 is 1.76 bits per heavy atom. The number of likely N-dealkylation sites (tertiary alicyclic amines) is 1. The summed E-state index contributed by atoms with van der Waals surface area (Å²) in [5.74, 6) is 2.43. The van der Waals surface area contributed by atoms with Crippen molar-refractivity contribution in [3.05, 3.63) is 58.9 Å². The maximum absolute atomic E-state index is 13.2. The van der Waals surface area contributed by atoms with Crippen LogP contribution in [0.5, 0.6) is 5.75 Å². The largest absolute Gasteiger partial charge is 0.497 e. The second kappa shape index (κ2) is 9.16. The van der Waals surface area contributed by atoms with Crippen molar-refractivity contribution in [3.8, 4) is 5.75 Å². The van der Waals surface area contributed by atoms with Crippen molar-refractivity contribution < 1.29 is 14.3 Å². The van der Waals surface area contributed by atoms with Crippen LogP contribution in [-0.2, 0) is 0 Å². The zero-order chi connectivity index (χ0) is 22.9. The molecule has 2 aromatic rings. The third-order valence-corrected chi connectivity index (χ3v) is 7.87. The van der Waals surface area contributed by atoms with E-state index in [1.165, 1.54) is 19.3 Å². The number of hydrogen-bond acceptors (Lipinski definition) is 4. The fourth-order valence-electron chi connectivity index (χ4n) is 6.02. The van der Waals surface area contributed by atoms with Gasteiger partial charge in [0, 0.05) is 36.3 Å². The number of nitrogens with zero attached hydrogens (tertiary/aromatic N) is 2. The molecule has 1 aliphatic heterocycles. The molecule has 3 fully saturated rings. The van der Waals surface area contributed by atoms with E-state index in [0.717, 1.165) is 42.3 Å². The van der Waals surface area contributed by atoms with E-state index in [1.807, 2.05) is 48.2 Å². The number of aromatic nitrogens is 1. The van der Waals surface area contributed by atoms with Crippen LogP contribution in [0.3, 0.4) is 0 Å². The number of nitrogens with one attached hydrogen (secondary N) is 1. The van der Waals surface area contributed by atoms with Crippen LogP contribution in [0.1, 0.15) is 76.5 Å². The summed E-state index contributed by atoms with van der Waals surface area (Å²) in [7, 11) is 1.62. The number of amides is 2.